The minimum atomic E-state index is -0.692. The molecule has 84 valence electrons. The molecule has 3 heterocycles. The summed E-state index contributed by atoms with van der Waals surface area (Å²) in [6.45, 7) is 4.02. The highest BCUT2D eigenvalue weighted by atomic mass is 16.8. The zero-order chi connectivity index (χ0) is 10.6. The lowest BCUT2D eigenvalue weighted by Gasteiger charge is -2.27. The summed E-state index contributed by atoms with van der Waals surface area (Å²) < 4.78 is 22.2. The van der Waals surface area contributed by atoms with Crippen LogP contribution in [0, 0.1) is 0 Å². The SMILES string of the molecule is CC1(C)O[C@@H]2[C@@H]3OC[C@H](O3)/C(=N\O)[C@@H]2O1. The van der Waals surface area contributed by atoms with E-state index in [2.05, 4.69) is 5.16 Å². The molecule has 0 radical (unpaired) electrons. The average Bonchev–Trinajstić information content (AvgIpc) is 2.70. The molecular weight excluding hydrogens is 202 g/mol. The molecule has 3 fully saturated rings. The molecule has 0 saturated carbocycles. The van der Waals surface area contributed by atoms with E-state index < -0.39 is 12.1 Å². The molecule has 0 aliphatic carbocycles. The summed E-state index contributed by atoms with van der Waals surface area (Å²) in [6.07, 6.45) is -1.42. The second kappa shape index (κ2) is 2.91. The lowest BCUT2D eigenvalue weighted by Crippen LogP contribution is -2.49. The molecule has 0 unspecified atom stereocenters. The summed E-state index contributed by atoms with van der Waals surface area (Å²) in [6, 6.07) is 0. The highest BCUT2D eigenvalue weighted by molar-refractivity contribution is 5.94. The van der Waals surface area contributed by atoms with Crippen LogP contribution in [0.2, 0.25) is 0 Å². The predicted octanol–water partition coefficient (Wildman–Crippen LogP) is 0.0918. The van der Waals surface area contributed by atoms with Crippen LogP contribution in [0.5, 0.6) is 0 Å². The molecule has 6 heteroatoms. The maximum absolute atomic E-state index is 8.95. The molecule has 0 aromatic heterocycles. The summed E-state index contributed by atoms with van der Waals surface area (Å²) in [4.78, 5) is 0. The number of ether oxygens (including phenoxy) is 4. The highest BCUT2D eigenvalue weighted by Gasteiger charge is 2.57. The third-order valence-corrected chi connectivity index (χ3v) is 2.84. The quantitative estimate of drug-likeness (QED) is 0.458. The van der Waals surface area contributed by atoms with Crippen LogP contribution in [0.15, 0.2) is 5.16 Å². The van der Waals surface area contributed by atoms with E-state index in [-0.39, 0.29) is 18.3 Å². The number of rotatable bonds is 0. The third-order valence-electron chi connectivity index (χ3n) is 2.84. The van der Waals surface area contributed by atoms with E-state index in [1.54, 1.807) is 0 Å². The van der Waals surface area contributed by atoms with E-state index >= 15 is 0 Å². The van der Waals surface area contributed by atoms with Crippen molar-refractivity contribution in [3.63, 3.8) is 0 Å². The van der Waals surface area contributed by atoms with Crippen LogP contribution >= 0.6 is 0 Å². The largest absolute Gasteiger partial charge is 0.411 e. The molecule has 3 aliphatic heterocycles. The molecule has 6 nitrogen and oxygen atoms in total. The first-order valence-electron chi connectivity index (χ1n) is 4.95. The van der Waals surface area contributed by atoms with Crippen molar-refractivity contribution in [2.24, 2.45) is 5.16 Å². The molecule has 0 aromatic carbocycles. The van der Waals surface area contributed by atoms with Crippen molar-refractivity contribution in [3.05, 3.63) is 0 Å². The van der Waals surface area contributed by atoms with Gasteiger partial charge in [0.15, 0.2) is 12.1 Å². The summed E-state index contributed by atoms with van der Waals surface area (Å²) in [5.41, 5.74) is 0.458. The standard InChI is InChI=1S/C9H13NO5/c1-9(2)14-6-5(10-11)4-3-12-8(13-4)7(6)15-9/h4,6-8,11H,3H2,1-2H3/b10-5+/t4-,6-,7-,8+/m0/s1. The zero-order valence-electron chi connectivity index (χ0n) is 8.54. The monoisotopic (exact) mass is 215 g/mol. The van der Waals surface area contributed by atoms with Crippen molar-refractivity contribution in [1.82, 2.24) is 0 Å². The molecule has 3 saturated heterocycles. The maximum atomic E-state index is 8.95. The Bertz CT molecular complexity index is 316. The molecule has 3 aliphatic rings. The van der Waals surface area contributed by atoms with E-state index in [1.165, 1.54) is 0 Å². The fraction of sp³-hybridized carbons (Fsp3) is 0.889. The first-order chi connectivity index (χ1) is 7.11. The van der Waals surface area contributed by atoms with Gasteiger partial charge in [-0.05, 0) is 13.8 Å². The number of oxime groups is 1. The zero-order valence-corrected chi connectivity index (χ0v) is 8.54. The van der Waals surface area contributed by atoms with E-state index in [4.69, 9.17) is 24.2 Å². The van der Waals surface area contributed by atoms with E-state index in [1.807, 2.05) is 13.8 Å². The lowest BCUT2D eigenvalue weighted by molar-refractivity contribution is -0.183. The van der Waals surface area contributed by atoms with Crippen molar-refractivity contribution >= 4 is 5.71 Å². The normalized spacial score (nSPS) is 49.6. The van der Waals surface area contributed by atoms with Gasteiger partial charge in [0.05, 0.1) is 6.61 Å². The Morgan fingerprint density at radius 3 is 2.93 bits per heavy atom. The lowest BCUT2D eigenvalue weighted by atomic mass is 10.0. The van der Waals surface area contributed by atoms with Gasteiger partial charge in [-0.1, -0.05) is 5.16 Å². The Hall–Kier alpha value is -0.690. The van der Waals surface area contributed by atoms with Crippen LogP contribution < -0.4 is 0 Å². The Labute approximate surface area is 86.7 Å². The van der Waals surface area contributed by atoms with Crippen molar-refractivity contribution < 1.29 is 24.2 Å². The summed E-state index contributed by atoms with van der Waals surface area (Å²) >= 11 is 0. The Kier molecular flexibility index (Phi) is 1.85. The average molecular weight is 215 g/mol. The number of hydrogen-bond acceptors (Lipinski definition) is 6. The Morgan fingerprint density at radius 2 is 2.20 bits per heavy atom. The van der Waals surface area contributed by atoms with Gasteiger partial charge in [-0.3, -0.25) is 0 Å². The second-order valence-corrected chi connectivity index (χ2v) is 4.37. The molecule has 3 rings (SSSR count). The number of hydrogen-bond donors (Lipinski definition) is 1. The number of fused-ring (bicyclic) bond motifs is 4. The van der Waals surface area contributed by atoms with E-state index in [0.29, 0.717) is 12.3 Å². The van der Waals surface area contributed by atoms with Crippen LogP contribution in [0.25, 0.3) is 0 Å². The van der Waals surface area contributed by atoms with Crippen LogP contribution in [-0.2, 0) is 18.9 Å². The minimum absolute atomic E-state index is 0.307. The summed E-state index contributed by atoms with van der Waals surface area (Å²) in [7, 11) is 0. The van der Waals surface area contributed by atoms with Gasteiger partial charge in [0.1, 0.15) is 24.0 Å². The molecule has 4 atom stereocenters. The molecule has 2 bridgehead atoms. The molecule has 15 heavy (non-hydrogen) atoms. The van der Waals surface area contributed by atoms with Gasteiger partial charge < -0.3 is 24.2 Å². The van der Waals surface area contributed by atoms with Gasteiger partial charge in [0.2, 0.25) is 0 Å². The predicted molar refractivity (Wildman–Crippen MR) is 47.7 cm³/mol. The van der Waals surface area contributed by atoms with Crippen LogP contribution in [0.1, 0.15) is 13.8 Å². The smallest absolute Gasteiger partial charge is 0.187 e. The fourth-order valence-corrected chi connectivity index (χ4v) is 2.27. The van der Waals surface area contributed by atoms with Crippen molar-refractivity contribution in [2.45, 2.75) is 44.2 Å². The first kappa shape index (κ1) is 9.53. The first-order valence-corrected chi connectivity index (χ1v) is 4.95. The molecule has 1 N–H and O–H groups in total. The summed E-state index contributed by atoms with van der Waals surface area (Å²) in [5, 5.41) is 12.2. The summed E-state index contributed by atoms with van der Waals surface area (Å²) in [5.74, 6) is -0.692. The molecule has 0 spiro atoms. The van der Waals surface area contributed by atoms with Gasteiger partial charge >= 0.3 is 0 Å². The number of nitrogens with zero attached hydrogens (tertiary/aromatic N) is 1. The van der Waals surface area contributed by atoms with Gasteiger partial charge in [-0.25, -0.2) is 0 Å². The second-order valence-electron chi connectivity index (χ2n) is 4.37. The Balaban J connectivity index is 1.95. The van der Waals surface area contributed by atoms with Crippen molar-refractivity contribution in [3.8, 4) is 0 Å². The van der Waals surface area contributed by atoms with Crippen molar-refractivity contribution in [2.75, 3.05) is 6.61 Å². The minimum Gasteiger partial charge on any atom is -0.411 e. The highest BCUT2D eigenvalue weighted by Crippen LogP contribution is 2.39. The van der Waals surface area contributed by atoms with Crippen LogP contribution in [-0.4, -0.2) is 47.9 Å². The maximum Gasteiger partial charge on any atom is 0.187 e. The van der Waals surface area contributed by atoms with Crippen LogP contribution in [0.4, 0.5) is 0 Å². The van der Waals surface area contributed by atoms with Gasteiger partial charge in [-0.15, -0.1) is 0 Å². The third kappa shape index (κ3) is 1.29. The van der Waals surface area contributed by atoms with Crippen LogP contribution in [0.3, 0.4) is 0 Å². The van der Waals surface area contributed by atoms with Gasteiger partial charge in [0.25, 0.3) is 0 Å². The van der Waals surface area contributed by atoms with Gasteiger partial charge in [0, 0.05) is 0 Å². The van der Waals surface area contributed by atoms with Crippen molar-refractivity contribution in [1.29, 1.82) is 0 Å². The molecular formula is C9H13NO5. The Morgan fingerprint density at radius 1 is 1.40 bits per heavy atom. The molecule has 0 amide bonds. The van der Waals surface area contributed by atoms with E-state index in [9.17, 15) is 0 Å². The van der Waals surface area contributed by atoms with Gasteiger partial charge in [-0.2, -0.15) is 0 Å². The fourth-order valence-electron chi connectivity index (χ4n) is 2.27. The topological polar surface area (TPSA) is 69.5 Å². The van der Waals surface area contributed by atoms with E-state index in [0.717, 1.165) is 0 Å². The molecule has 0 aromatic rings.